The average molecular weight is 169 g/mol. The minimum Gasteiger partial charge on any atom is -0.372 e. The lowest BCUT2D eigenvalue weighted by Gasteiger charge is -2.30. The van der Waals surface area contributed by atoms with Crippen molar-refractivity contribution in [1.29, 1.82) is 0 Å². The van der Waals surface area contributed by atoms with Crippen molar-refractivity contribution in [2.24, 2.45) is 0 Å². The van der Waals surface area contributed by atoms with Crippen molar-refractivity contribution < 1.29 is 4.74 Å². The fraction of sp³-hybridized carbons (Fsp3) is 1.00. The van der Waals surface area contributed by atoms with E-state index >= 15 is 0 Å². The Morgan fingerprint density at radius 1 is 1.25 bits per heavy atom. The molecule has 0 aromatic rings. The molecule has 1 saturated carbocycles. The van der Waals surface area contributed by atoms with Crippen LogP contribution in [-0.4, -0.2) is 37.2 Å². The topological polar surface area (TPSA) is 15.8 Å². The van der Waals surface area contributed by atoms with E-state index in [1.54, 1.807) is 0 Å². The van der Waals surface area contributed by atoms with E-state index in [2.05, 4.69) is 11.9 Å². The van der Waals surface area contributed by atoms with Gasteiger partial charge in [0, 0.05) is 12.6 Å². The number of hydrogen-bond acceptors (Lipinski definition) is 2. The maximum absolute atomic E-state index is 5.23. The average Bonchev–Trinajstić information content (AvgIpc) is 2.90. The van der Waals surface area contributed by atoms with Gasteiger partial charge in [-0.1, -0.05) is 19.3 Å². The molecule has 2 nitrogen and oxygen atoms in total. The van der Waals surface area contributed by atoms with Gasteiger partial charge in [0.1, 0.15) is 0 Å². The number of epoxide rings is 1. The van der Waals surface area contributed by atoms with E-state index in [1.807, 2.05) is 0 Å². The Kier molecular flexibility index (Phi) is 2.66. The smallest absolute Gasteiger partial charge is 0.0936 e. The van der Waals surface area contributed by atoms with Gasteiger partial charge in [-0.15, -0.1) is 0 Å². The Morgan fingerprint density at radius 2 is 1.92 bits per heavy atom. The van der Waals surface area contributed by atoms with Gasteiger partial charge in [0.2, 0.25) is 0 Å². The molecule has 2 rings (SSSR count). The second-order valence-corrected chi connectivity index (χ2v) is 4.19. The highest BCUT2D eigenvalue weighted by molar-refractivity contribution is 4.79. The lowest BCUT2D eigenvalue weighted by atomic mass is 9.94. The highest BCUT2D eigenvalue weighted by Crippen LogP contribution is 2.23. The van der Waals surface area contributed by atoms with Gasteiger partial charge in [-0.3, -0.25) is 0 Å². The molecule has 0 unspecified atom stereocenters. The highest BCUT2D eigenvalue weighted by atomic mass is 16.6. The number of rotatable bonds is 3. The van der Waals surface area contributed by atoms with E-state index in [1.165, 1.54) is 32.1 Å². The quantitative estimate of drug-likeness (QED) is 0.597. The van der Waals surface area contributed by atoms with Gasteiger partial charge in [0.25, 0.3) is 0 Å². The van der Waals surface area contributed by atoms with Crippen LogP contribution in [0.1, 0.15) is 32.1 Å². The van der Waals surface area contributed by atoms with Crippen LogP contribution in [0.15, 0.2) is 0 Å². The van der Waals surface area contributed by atoms with Crippen LogP contribution in [0.4, 0.5) is 0 Å². The molecule has 0 aromatic heterocycles. The third kappa shape index (κ3) is 2.20. The Balaban J connectivity index is 1.72. The third-order valence-corrected chi connectivity index (χ3v) is 3.09. The van der Waals surface area contributed by atoms with Crippen molar-refractivity contribution in [3.05, 3.63) is 0 Å². The Labute approximate surface area is 74.9 Å². The maximum Gasteiger partial charge on any atom is 0.0936 e. The van der Waals surface area contributed by atoms with Crippen molar-refractivity contribution in [2.45, 2.75) is 44.2 Å². The Hall–Kier alpha value is -0.0800. The lowest BCUT2D eigenvalue weighted by Crippen LogP contribution is -2.35. The van der Waals surface area contributed by atoms with Crippen LogP contribution in [0, 0.1) is 0 Å². The zero-order valence-electron chi connectivity index (χ0n) is 7.96. The van der Waals surface area contributed by atoms with Crippen LogP contribution < -0.4 is 0 Å². The molecule has 0 aromatic carbocycles. The maximum atomic E-state index is 5.23. The molecule has 2 aliphatic rings. The van der Waals surface area contributed by atoms with Crippen LogP contribution in [0.25, 0.3) is 0 Å². The van der Waals surface area contributed by atoms with Crippen molar-refractivity contribution in [3.8, 4) is 0 Å². The molecule has 0 N–H and O–H groups in total. The molecule has 0 radical (unpaired) electrons. The first kappa shape index (κ1) is 8.52. The second kappa shape index (κ2) is 3.75. The molecule has 0 bridgehead atoms. The molecule has 1 heterocycles. The van der Waals surface area contributed by atoms with Gasteiger partial charge in [0.15, 0.2) is 0 Å². The normalized spacial score (nSPS) is 31.0. The summed E-state index contributed by atoms with van der Waals surface area (Å²) < 4.78 is 5.23. The first-order valence-electron chi connectivity index (χ1n) is 5.18. The Morgan fingerprint density at radius 3 is 2.50 bits per heavy atom. The zero-order valence-corrected chi connectivity index (χ0v) is 7.96. The van der Waals surface area contributed by atoms with E-state index in [0.717, 1.165) is 19.2 Å². The standard InChI is InChI=1S/C10H19NO/c1-11(7-10-8-12-10)9-5-3-2-4-6-9/h9-10H,2-8H2,1H3/t10-/m0/s1. The predicted octanol–water partition coefficient (Wildman–Crippen LogP) is 1.65. The van der Waals surface area contributed by atoms with E-state index in [9.17, 15) is 0 Å². The van der Waals surface area contributed by atoms with Gasteiger partial charge < -0.3 is 9.64 Å². The Bertz CT molecular complexity index is 139. The van der Waals surface area contributed by atoms with E-state index in [4.69, 9.17) is 4.74 Å². The molecule has 2 fully saturated rings. The minimum atomic E-state index is 0.567. The predicted molar refractivity (Wildman–Crippen MR) is 49.2 cm³/mol. The summed E-state index contributed by atoms with van der Waals surface area (Å²) in [7, 11) is 2.25. The fourth-order valence-corrected chi connectivity index (χ4v) is 2.17. The van der Waals surface area contributed by atoms with E-state index in [0.29, 0.717) is 6.10 Å². The molecule has 2 heteroatoms. The number of ether oxygens (including phenoxy) is 1. The second-order valence-electron chi connectivity index (χ2n) is 4.19. The van der Waals surface area contributed by atoms with Crippen molar-refractivity contribution in [2.75, 3.05) is 20.2 Å². The molecule has 1 atom stereocenters. The first-order chi connectivity index (χ1) is 5.86. The molecule has 0 amide bonds. The summed E-state index contributed by atoms with van der Waals surface area (Å²) in [4.78, 5) is 2.50. The fourth-order valence-electron chi connectivity index (χ4n) is 2.17. The number of nitrogens with zero attached hydrogens (tertiary/aromatic N) is 1. The molecule has 1 aliphatic carbocycles. The summed E-state index contributed by atoms with van der Waals surface area (Å²) in [6.45, 7) is 2.15. The van der Waals surface area contributed by atoms with Gasteiger partial charge >= 0.3 is 0 Å². The van der Waals surface area contributed by atoms with Gasteiger partial charge in [-0.05, 0) is 19.9 Å². The monoisotopic (exact) mass is 169 g/mol. The third-order valence-electron chi connectivity index (χ3n) is 3.09. The van der Waals surface area contributed by atoms with Crippen LogP contribution in [0.3, 0.4) is 0 Å². The van der Waals surface area contributed by atoms with E-state index in [-0.39, 0.29) is 0 Å². The molecule has 1 saturated heterocycles. The number of hydrogen-bond donors (Lipinski definition) is 0. The largest absolute Gasteiger partial charge is 0.372 e. The van der Waals surface area contributed by atoms with Gasteiger partial charge in [-0.25, -0.2) is 0 Å². The molecule has 12 heavy (non-hydrogen) atoms. The SMILES string of the molecule is CN(C[C@H]1CO1)C1CCCCC1. The summed E-state index contributed by atoms with van der Waals surface area (Å²) in [5, 5.41) is 0. The van der Waals surface area contributed by atoms with Crippen molar-refractivity contribution in [1.82, 2.24) is 4.90 Å². The van der Waals surface area contributed by atoms with Crippen LogP contribution in [-0.2, 0) is 4.74 Å². The molecular formula is C10H19NO. The minimum absolute atomic E-state index is 0.567. The van der Waals surface area contributed by atoms with E-state index < -0.39 is 0 Å². The molecule has 1 aliphatic heterocycles. The summed E-state index contributed by atoms with van der Waals surface area (Å²) >= 11 is 0. The first-order valence-corrected chi connectivity index (χ1v) is 5.18. The van der Waals surface area contributed by atoms with Crippen LogP contribution >= 0.6 is 0 Å². The highest BCUT2D eigenvalue weighted by Gasteiger charge is 2.27. The van der Waals surface area contributed by atoms with Crippen molar-refractivity contribution >= 4 is 0 Å². The van der Waals surface area contributed by atoms with Crippen molar-refractivity contribution in [3.63, 3.8) is 0 Å². The zero-order chi connectivity index (χ0) is 8.39. The summed E-state index contributed by atoms with van der Waals surface area (Å²) in [5.74, 6) is 0. The number of likely N-dealkylation sites (N-methyl/N-ethyl adjacent to an activating group) is 1. The molecule has 0 spiro atoms. The lowest BCUT2D eigenvalue weighted by molar-refractivity contribution is 0.177. The molecule has 70 valence electrons. The summed E-state index contributed by atoms with van der Waals surface area (Å²) in [5.41, 5.74) is 0. The molecular weight excluding hydrogens is 150 g/mol. The van der Waals surface area contributed by atoms with Gasteiger partial charge in [-0.2, -0.15) is 0 Å². The van der Waals surface area contributed by atoms with Gasteiger partial charge in [0.05, 0.1) is 12.7 Å². The van der Waals surface area contributed by atoms with Crippen LogP contribution in [0.5, 0.6) is 0 Å². The summed E-state index contributed by atoms with van der Waals surface area (Å²) in [6, 6.07) is 0.850. The summed E-state index contributed by atoms with van der Waals surface area (Å²) in [6.07, 6.45) is 7.69. The van der Waals surface area contributed by atoms with Crippen LogP contribution in [0.2, 0.25) is 0 Å².